The number of imide groups is 1. The Labute approximate surface area is 112 Å². The molecule has 3 rings (SSSR count). The topological polar surface area (TPSA) is 100 Å². The van der Waals surface area contributed by atoms with Crippen molar-refractivity contribution in [2.24, 2.45) is 0 Å². The Kier molecular flexibility index (Phi) is 2.53. The Bertz CT molecular complexity index is 722. The molecular formula is C13H7N3O4. The Morgan fingerprint density at radius 1 is 1.10 bits per heavy atom. The Morgan fingerprint density at radius 2 is 1.90 bits per heavy atom. The average molecular weight is 269 g/mol. The van der Waals surface area contributed by atoms with Gasteiger partial charge in [0.2, 0.25) is 0 Å². The molecule has 0 saturated heterocycles. The number of carbonyl (C=O) groups excluding carboxylic acids is 2. The highest BCUT2D eigenvalue weighted by atomic mass is 16.4. The fourth-order valence-electron chi connectivity index (χ4n) is 1.94. The largest absolute Gasteiger partial charge is 0.477 e. The van der Waals surface area contributed by atoms with E-state index >= 15 is 0 Å². The second kappa shape index (κ2) is 4.23. The summed E-state index contributed by atoms with van der Waals surface area (Å²) in [5, 5.41) is 8.89. The van der Waals surface area contributed by atoms with Crippen LogP contribution in [-0.4, -0.2) is 32.9 Å². The number of hydrogen-bond donors (Lipinski definition) is 1. The third-order valence-electron chi connectivity index (χ3n) is 2.83. The molecule has 0 aromatic carbocycles. The number of aromatic nitrogens is 2. The zero-order valence-electron chi connectivity index (χ0n) is 9.98. The van der Waals surface area contributed by atoms with E-state index in [9.17, 15) is 14.4 Å². The van der Waals surface area contributed by atoms with Crippen molar-refractivity contribution in [3.05, 3.63) is 53.5 Å². The molecule has 0 bridgehead atoms. The van der Waals surface area contributed by atoms with E-state index in [2.05, 4.69) is 9.97 Å². The zero-order valence-corrected chi connectivity index (χ0v) is 9.98. The van der Waals surface area contributed by atoms with Crippen LogP contribution in [0.25, 0.3) is 0 Å². The Hall–Kier alpha value is -3.09. The van der Waals surface area contributed by atoms with E-state index < -0.39 is 17.8 Å². The number of amides is 2. The van der Waals surface area contributed by atoms with Gasteiger partial charge in [-0.3, -0.25) is 14.6 Å². The number of carboxylic acid groups (broad SMARTS) is 1. The van der Waals surface area contributed by atoms with Crippen LogP contribution in [0.1, 0.15) is 31.3 Å². The summed E-state index contributed by atoms with van der Waals surface area (Å²) >= 11 is 0. The number of pyridine rings is 2. The molecule has 0 spiro atoms. The van der Waals surface area contributed by atoms with Gasteiger partial charge < -0.3 is 5.11 Å². The number of carboxylic acids is 1. The van der Waals surface area contributed by atoms with E-state index in [0.29, 0.717) is 0 Å². The molecule has 1 N–H and O–H groups in total. The predicted octanol–water partition coefficient (Wildman–Crippen LogP) is 0.975. The number of fused-ring (bicyclic) bond motifs is 1. The van der Waals surface area contributed by atoms with E-state index in [4.69, 9.17) is 5.11 Å². The van der Waals surface area contributed by atoms with E-state index in [1.54, 1.807) is 6.07 Å². The first-order valence-corrected chi connectivity index (χ1v) is 5.64. The van der Waals surface area contributed by atoms with Crippen molar-refractivity contribution in [3.63, 3.8) is 0 Å². The van der Waals surface area contributed by atoms with Gasteiger partial charge >= 0.3 is 5.97 Å². The van der Waals surface area contributed by atoms with Gasteiger partial charge in [-0.2, -0.15) is 0 Å². The van der Waals surface area contributed by atoms with Gasteiger partial charge in [0.05, 0.1) is 5.56 Å². The lowest BCUT2D eigenvalue weighted by atomic mass is 10.2. The maximum Gasteiger partial charge on any atom is 0.354 e. The summed E-state index contributed by atoms with van der Waals surface area (Å²) in [5.41, 5.74) is -0.0212. The van der Waals surface area contributed by atoms with Crippen LogP contribution in [0.2, 0.25) is 0 Å². The number of hydrogen-bond acceptors (Lipinski definition) is 5. The van der Waals surface area contributed by atoms with E-state index in [1.165, 1.54) is 30.5 Å². The highest BCUT2D eigenvalue weighted by Crippen LogP contribution is 2.25. The fraction of sp³-hybridized carbons (Fsp3) is 0. The third-order valence-corrected chi connectivity index (χ3v) is 2.83. The summed E-state index contributed by atoms with van der Waals surface area (Å²) < 4.78 is 0. The second-order valence-electron chi connectivity index (χ2n) is 4.03. The summed E-state index contributed by atoms with van der Waals surface area (Å²) in [5.74, 6) is -2.44. The van der Waals surface area contributed by atoms with Gasteiger partial charge in [-0.05, 0) is 24.3 Å². The molecular weight excluding hydrogens is 262 g/mol. The normalized spacial score (nSPS) is 13.5. The van der Waals surface area contributed by atoms with Crippen LogP contribution in [0.4, 0.5) is 5.82 Å². The SMILES string of the molecule is O=C(O)c1cccc(N2C(=O)c3cccnc3C2=O)n1. The minimum absolute atomic E-state index is 0.0297. The molecule has 0 radical (unpaired) electrons. The van der Waals surface area contributed by atoms with Crippen molar-refractivity contribution in [2.45, 2.75) is 0 Å². The molecule has 2 aromatic rings. The van der Waals surface area contributed by atoms with Crippen LogP contribution in [-0.2, 0) is 0 Å². The van der Waals surface area contributed by atoms with Gasteiger partial charge in [-0.15, -0.1) is 0 Å². The minimum atomic E-state index is -1.23. The number of aromatic carboxylic acids is 1. The standard InChI is InChI=1S/C13H7N3O4/c17-11-7-3-2-6-14-10(7)12(18)16(11)9-5-1-4-8(15-9)13(19)20/h1-6H,(H,19,20). The summed E-state index contributed by atoms with van der Waals surface area (Å²) in [6.45, 7) is 0. The molecule has 98 valence electrons. The van der Waals surface area contributed by atoms with Gasteiger partial charge in [0.1, 0.15) is 11.5 Å². The maximum absolute atomic E-state index is 12.2. The molecule has 7 nitrogen and oxygen atoms in total. The van der Waals surface area contributed by atoms with Crippen LogP contribution in [0.15, 0.2) is 36.5 Å². The smallest absolute Gasteiger partial charge is 0.354 e. The monoisotopic (exact) mass is 269 g/mol. The third kappa shape index (κ3) is 1.64. The lowest BCUT2D eigenvalue weighted by Gasteiger charge is -2.12. The van der Waals surface area contributed by atoms with Crippen LogP contribution in [0.5, 0.6) is 0 Å². The summed E-state index contributed by atoms with van der Waals surface area (Å²) in [6, 6.07) is 7.14. The molecule has 0 atom stereocenters. The molecule has 20 heavy (non-hydrogen) atoms. The highest BCUT2D eigenvalue weighted by Gasteiger charge is 2.38. The van der Waals surface area contributed by atoms with E-state index in [0.717, 1.165) is 4.90 Å². The first-order chi connectivity index (χ1) is 9.59. The first-order valence-electron chi connectivity index (χ1n) is 5.64. The maximum atomic E-state index is 12.2. The van der Waals surface area contributed by atoms with Gasteiger partial charge in [-0.25, -0.2) is 14.7 Å². The molecule has 0 aliphatic carbocycles. The zero-order chi connectivity index (χ0) is 14.3. The minimum Gasteiger partial charge on any atom is -0.477 e. The van der Waals surface area contributed by atoms with E-state index in [-0.39, 0.29) is 22.8 Å². The van der Waals surface area contributed by atoms with Crippen molar-refractivity contribution in [3.8, 4) is 0 Å². The molecule has 0 fully saturated rings. The van der Waals surface area contributed by atoms with Crippen molar-refractivity contribution < 1.29 is 19.5 Å². The summed E-state index contributed by atoms with van der Waals surface area (Å²) in [7, 11) is 0. The molecule has 3 heterocycles. The number of anilines is 1. The molecule has 0 unspecified atom stereocenters. The molecule has 1 aliphatic rings. The van der Waals surface area contributed by atoms with Gasteiger partial charge in [0.15, 0.2) is 5.69 Å². The van der Waals surface area contributed by atoms with Gasteiger partial charge in [-0.1, -0.05) is 6.07 Å². The van der Waals surface area contributed by atoms with E-state index in [1.807, 2.05) is 0 Å². The van der Waals surface area contributed by atoms with Crippen molar-refractivity contribution in [2.75, 3.05) is 4.90 Å². The molecule has 2 amide bonds. The van der Waals surface area contributed by atoms with Crippen LogP contribution < -0.4 is 4.90 Å². The average Bonchev–Trinajstić information content (AvgIpc) is 2.72. The number of rotatable bonds is 2. The van der Waals surface area contributed by atoms with Crippen LogP contribution in [0.3, 0.4) is 0 Å². The fourth-order valence-corrected chi connectivity index (χ4v) is 1.94. The van der Waals surface area contributed by atoms with Crippen molar-refractivity contribution >= 4 is 23.6 Å². The van der Waals surface area contributed by atoms with Gasteiger partial charge in [0.25, 0.3) is 11.8 Å². The lowest BCUT2D eigenvalue weighted by Crippen LogP contribution is -2.30. The second-order valence-corrected chi connectivity index (χ2v) is 4.03. The number of nitrogens with zero attached hydrogens (tertiary/aromatic N) is 3. The summed E-state index contributed by atoms with van der Waals surface area (Å²) in [6.07, 6.45) is 1.41. The van der Waals surface area contributed by atoms with Crippen LogP contribution >= 0.6 is 0 Å². The highest BCUT2D eigenvalue weighted by molar-refractivity contribution is 6.33. The van der Waals surface area contributed by atoms with Crippen LogP contribution in [0, 0.1) is 0 Å². The lowest BCUT2D eigenvalue weighted by molar-refractivity contribution is 0.0689. The predicted molar refractivity (Wildman–Crippen MR) is 66.6 cm³/mol. The van der Waals surface area contributed by atoms with Crippen molar-refractivity contribution in [1.29, 1.82) is 0 Å². The van der Waals surface area contributed by atoms with Gasteiger partial charge in [0, 0.05) is 6.20 Å². The molecule has 0 saturated carbocycles. The quantitative estimate of drug-likeness (QED) is 0.815. The molecule has 7 heteroatoms. The molecule has 2 aromatic heterocycles. The Balaban J connectivity index is 2.09. The Morgan fingerprint density at radius 3 is 2.60 bits per heavy atom. The summed E-state index contributed by atoms with van der Waals surface area (Å²) in [4.78, 5) is 43.7. The van der Waals surface area contributed by atoms with Crippen molar-refractivity contribution in [1.82, 2.24) is 9.97 Å². The number of carbonyl (C=O) groups is 3. The molecule has 1 aliphatic heterocycles. The first kappa shape index (κ1) is 12.0.